The van der Waals surface area contributed by atoms with Crippen LogP contribution in [0.15, 0.2) is 30.3 Å². The van der Waals surface area contributed by atoms with Gasteiger partial charge in [0.2, 0.25) is 0 Å². The second kappa shape index (κ2) is 8.45. The minimum atomic E-state index is -2.95. The second-order valence-electron chi connectivity index (χ2n) is 7.55. The Morgan fingerprint density at radius 3 is 2.25 bits per heavy atom. The summed E-state index contributed by atoms with van der Waals surface area (Å²) in [6.45, 7) is 7.88. The standard InChI is InChI=1S/C20H28N4O3S/c1-16-14-17(2)24(21-16)15-18-4-6-19(7-5-18)20(25)23-10-8-22(9-11-23)12-13-28(3,26)27/h4-7,14H,8-13,15H2,1-3H3. The van der Waals surface area contributed by atoms with Crippen LogP contribution in [0.3, 0.4) is 0 Å². The number of piperazine rings is 1. The van der Waals surface area contributed by atoms with Crippen molar-refractivity contribution in [3.05, 3.63) is 52.8 Å². The number of sulfone groups is 1. The quantitative estimate of drug-likeness (QED) is 0.727. The first-order chi connectivity index (χ1) is 13.2. The van der Waals surface area contributed by atoms with Crippen molar-refractivity contribution in [1.82, 2.24) is 19.6 Å². The molecule has 0 bridgehead atoms. The van der Waals surface area contributed by atoms with E-state index in [1.807, 2.05) is 53.8 Å². The van der Waals surface area contributed by atoms with Gasteiger partial charge in [-0.25, -0.2) is 8.42 Å². The van der Waals surface area contributed by atoms with Crippen LogP contribution in [0.2, 0.25) is 0 Å². The van der Waals surface area contributed by atoms with E-state index < -0.39 is 9.84 Å². The van der Waals surface area contributed by atoms with Crippen LogP contribution in [-0.4, -0.2) is 78.6 Å². The number of carbonyl (C=O) groups excluding carboxylic acids is 1. The number of carbonyl (C=O) groups is 1. The second-order valence-corrected chi connectivity index (χ2v) is 9.81. The summed E-state index contributed by atoms with van der Waals surface area (Å²) in [7, 11) is -2.95. The summed E-state index contributed by atoms with van der Waals surface area (Å²) in [6, 6.07) is 9.75. The van der Waals surface area contributed by atoms with Crippen LogP contribution < -0.4 is 0 Å². The molecule has 8 heteroatoms. The minimum absolute atomic E-state index is 0.0282. The third-order valence-corrected chi connectivity index (χ3v) is 6.00. The molecule has 1 aliphatic rings. The number of benzene rings is 1. The molecule has 3 rings (SSSR count). The summed E-state index contributed by atoms with van der Waals surface area (Å²) in [4.78, 5) is 16.7. The van der Waals surface area contributed by atoms with Crippen molar-refractivity contribution in [1.29, 1.82) is 0 Å². The predicted molar refractivity (Wildman–Crippen MR) is 109 cm³/mol. The molecule has 1 aromatic heterocycles. The maximum atomic E-state index is 12.7. The van der Waals surface area contributed by atoms with Crippen LogP contribution >= 0.6 is 0 Å². The zero-order chi connectivity index (χ0) is 20.3. The van der Waals surface area contributed by atoms with Gasteiger partial charge in [-0.05, 0) is 37.6 Å². The monoisotopic (exact) mass is 404 g/mol. The molecule has 1 aliphatic heterocycles. The Kier molecular flexibility index (Phi) is 6.20. The van der Waals surface area contributed by atoms with Gasteiger partial charge in [-0.3, -0.25) is 14.4 Å². The first kappa shape index (κ1) is 20.5. The molecule has 0 aliphatic carbocycles. The van der Waals surface area contributed by atoms with Gasteiger partial charge in [0, 0.05) is 50.2 Å². The first-order valence-electron chi connectivity index (χ1n) is 9.50. The highest BCUT2D eigenvalue weighted by molar-refractivity contribution is 7.90. The Hall–Kier alpha value is -2.19. The molecule has 152 valence electrons. The number of rotatable bonds is 6. The summed E-state index contributed by atoms with van der Waals surface area (Å²) in [5.41, 5.74) is 3.90. The van der Waals surface area contributed by atoms with E-state index in [0.717, 1.165) is 17.0 Å². The lowest BCUT2D eigenvalue weighted by atomic mass is 10.1. The molecule has 2 aromatic rings. The Morgan fingerprint density at radius 1 is 1.07 bits per heavy atom. The predicted octanol–water partition coefficient (Wildman–Crippen LogP) is 1.35. The minimum Gasteiger partial charge on any atom is -0.336 e. The number of amides is 1. The van der Waals surface area contributed by atoms with Crippen molar-refractivity contribution in [2.24, 2.45) is 0 Å². The van der Waals surface area contributed by atoms with Gasteiger partial charge in [0.05, 0.1) is 18.0 Å². The molecule has 0 atom stereocenters. The summed E-state index contributed by atoms with van der Waals surface area (Å²) in [5, 5.41) is 4.47. The molecular formula is C20H28N4O3S. The highest BCUT2D eigenvalue weighted by Crippen LogP contribution is 2.12. The third kappa shape index (κ3) is 5.42. The molecule has 2 heterocycles. The van der Waals surface area contributed by atoms with Crippen molar-refractivity contribution in [3.63, 3.8) is 0 Å². The zero-order valence-corrected chi connectivity index (χ0v) is 17.6. The number of aromatic nitrogens is 2. The smallest absolute Gasteiger partial charge is 0.253 e. The van der Waals surface area contributed by atoms with Gasteiger partial charge in [-0.1, -0.05) is 12.1 Å². The van der Waals surface area contributed by atoms with E-state index in [1.54, 1.807) is 0 Å². The Labute approximate surface area is 166 Å². The highest BCUT2D eigenvalue weighted by Gasteiger charge is 2.22. The van der Waals surface area contributed by atoms with Crippen molar-refractivity contribution >= 4 is 15.7 Å². The van der Waals surface area contributed by atoms with Crippen molar-refractivity contribution in [3.8, 4) is 0 Å². The van der Waals surface area contributed by atoms with Gasteiger partial charge in [0.1, 0.15) is 9.84 Å². The highest BCUT2D eigenvalue weighted by atomic mass is 32.2. The lowest BCUT2D eigenvalue weighted by Gasteiger charge is -2.34. The molecule has 0 N–H and O–H groups in total. The largest absolute Gasteiger partial charge is 0.336 e. The number of nitrogens with zero attached hydrogens (tertiary/aromatic N) is 4. The van der Waals surface area contributed by atoms with Gasteiger partial charge < -0.3 is 4.90 Å². The average molecular weight is 405 g/mol. The van der Waals surface area contributed by atoms with Crippen molar-refractivity contribution in [2.45, 2.75) is 20.4 Å². The normalized spacial score (nSPS) is 15.8. The van der Waals surface area contributed by atoms with Crippen LogP contribution in [0.1, 0.15) is 27.3 Å². The summed E-state index contributed by atoms with van der Waals surface area (Å²) < 4.78 is 24.6. The topological polar surface area (TPSA) is 75.5 Å². The molecule has 28 heavy (non-hydrogen) atoms. The molecule has 0 radical (unpaired) electrons. The molecule has 0 saturated carbocycles. The van der Waals surface area contributed by atoms with Gasteiger partial charge in [-0.15, -0.1) is 0 Å². The average Bonchev–Trinajstić information content (AvgIpc) is 2.97. The molecule has 1 amide bonds. The number of aryl methyl sites for hydroxylation is 2. The van der Waals surface area contributed by atoms with Gasteiger partial charge in [0.15, 0.2) is 0 Å². The lowest BCUT2D eigenvalue weighted by molar-refractivity contribution is 0.0644. The molecule has 1 aromatic carbocycles. The van der Waals surface area contributed by atoms with Crippen LogP contribution in [0.5, 0.6) is 0 Å². The van der Waals surface area contributed by atoms with Gasteiger partial charge in [0.25, 0.3) is 5.91 Å². The number of hydrogen-bond donors (Lipinski definition) is 0. The molecule has 0 unspecified atom stereocenters. The molecule has 7 nitrogen and oxygen atoms in total. The molecule has 1 fully saturated rings. The van der Waals surface area contributed by atoms with E-state index in [2.05, 4.69) is 10.00 Å². The summed E-state index contributed by atoms with van der Waals surface area (Å²) in [6.07, 6.45) is 1.26. The molecular weight excluding hydrogens is 376 g/mol. The third-order valence-electron chi connectivity index (χ3n) is 5.07. The van der Waals surface area contributed by atoms with E-state index in [0.29, 0.717) is 44.8 Å². The molecule has 1 saturated heterocycles. The van der Waals surface area contributed by atoms with Gasteiger partial charge in [-0.2, -0.15) is 5.10 Å². The Balaban J connectivity index is 1.54. The Bertz CT molecular complexity index is 927. The van der Waals surface area contributed by atoms with E-state index in [-0.39, 0.29) is 11.7 Å². The van der Waals surface area contributed by atoms with Crippen LogP contribution in [0.25, 0.3) is 0 Å². The maximum Gasteiger partial charge on any atom is 0.253 e. The molecule has 0 spiro atoms. The fraction of sp³-hybridized carbons (Fsp3) is 0.500. The van der Waals surface area contributed by atoms with Crippen LogP contribution in [0.4, 0.5) is 0 Å². The maximum absolute atomic E-state index is 12.7. The van der Waals surface area contributed by atoms with Crippen LogP contribution in [-0.2, 0) is 16.4 Å². The zero-order valence-electron chi connectivity index (χ0n) is 16.8. The first-order valence-corrected chi connectivity index (χ1v) is 11.6. The summed E-state index contributed by atoms with van der Waals surface area (Å²) >= 11 is 0. The lowest BCUT2D eigenvalue weighted by Crippen LogP contribution is -2.49. The SMILES string of the molecule is Cc1cc(C)n(Cc2ccc(C(=O)N3CCN(CCS(C)(=O)=O)CC3)cc2)n1. The fourth-order valence-electron chi connectivity index (χ4n) is 3.41. The van der Waals surface area contributed by atoms with E-state index in [9.17, 15) is 13.2 Å². The van der Waals surface area contributed by atoms with Gasteiger partial charge >= 0.3 is 0 Å². The van der Waals surface area contributed by atoms with Crippen molar-refractivity contribution < 1.29 is 13.2 Å². The van der Waals surface area contributed by atoms with E-state index >= 15 is 0 Å². The van der Waals surface area contributed by atoms with E-state index in [4.69, 9.17) is 0 Å². The van der Waals surface area contributed by atoms with Crippen molar-refractivity contribution in [2.75, 3.05) is 44.7 Å². The summed E-state index contributed by atoms with van der Waals surface area (Å²) in [5.74, 6) is 0.193. The van der Waals surface area contributed by atoms with E-state index in [1.165, 1.54) is 6.26 Å². The fourth-order valence-corrected chi connectivity index (χ4v) is 4.00. The van der Waals surface area contributed by atoms with Crippen LogP contribution in [0, 0.1) is 13.8 Å². The Morgan fingerprint density at radius 2 is 1.71 bits per heavy atom. The number of hydrogen-bond acceptors (Lipinski definition) is 5.